The lowest BCUT2D eigenvalue weighted by atomic mass is 10.2. The predicted octanol–water partition coefficient (Wildman–Crippen LogP) is 1.82. The standard InChI is InChI=1S/C14H22N2O3/c1-3-7-16-8-9-19-14(17)11-5-6-13(18-4-2)12(15)10-11/h5-6,10,16H,3-4,7-9,15H2,1-2H3. The van der Waals surface area contributed by atoms with Gasteiger partial charge in [0.2, 0.25) is 0 Å². The molecule has 0 aliphatic carbocycles. The fourth-order valence-electron chi connectivity index (χ4n) is 1.56. The minimum atomic E-state index is -0.368. The summed E-state index contributed by atoms with van der Waals surface area (Å²) in [6.07, 6.45) is 1.06. The maximum Gasteiger partial charge on any atom is 0.338 e. The number of ether oxygens (including phenoxy) is 2. The van der Waals surface area contributed by atoms with Crippen molar-refractivity contribution in [3.8, 4) is 5.75 Å². The number of carbonyl (C=O) groups excluding carboxylic acids is 1. The highest BCUT2D eigenvalue weighted by atomic mass is 16.5. The van der Waals surface area contributed by atoms with Gasteiger partial charge in [0.05, 0.1) is 17.9 Å². The molecule has 0 unspecified atom stereocenters. The van der Waals surface area contributed by atoms with Gasteiger partial charge in [-0.3, -0.25) is 0 Å². The molecule has 5 nitrogen and oxygen atoms in total. The quantitative estimate of drug-likeness (QED) is 0.426. The number of nitrogens with two attached hydrogens (primary N) is 1. The number of nitrogen functional groups attached to an aromatic ring is 1. The van der Waals surface area contributed by atoms with E-state index in [1.807, 2.05) is 6.92 Å². The van der Waals surface area contributed by atoms with Crippen LogP contribution >= 0.6 is 0 Å². The Bertz CT molecular complexity index is 408. The van der Waals surface area contributed by atoms with Crippen LogP contribution in [0.5, 0.6) is 5.75 Å². The molecule has 0 atom stereocenters. The number of esters is 1. The zero-order valence-electron chi connectivity index (χ0n) is 11.6. The molecule has 0 heterocycles. The molecule has 0 amide bonds. The van der Waals surface area contributed by atoms with Crippen molar-refractivity contribution < 1.29 is 14.3 Å². The van der Waals surface area contributed by atoms with Crippen LogP contribution in [0, 0.1) is 0 Å². The molecule has 1 aromatic carbocycles. The topological polar surface area (TPSA) is 73.6 Å². The molecule has 0 spiro atoms. The summed E-state index contributed by atoms with van der Waals surface area (Å²) in [4.78, 5) is 11.8. The van der Waals surface area contributed by atoms with E-state index < -0.39 is 0 Å². The number of hydrogen-bond acceptors (Lipinski definition) is 5. The van der Waals surface area contributed by atoms with Gasteiger partial charge >= 0.3 is 5.97 Å². The van der Waals surface area contributed by atoms with E-state index in [-0.39, 0.29) is 5.97 Å². The lowest BCUT2D eigenvalue weighted by Crippen LogP contribution is -2.22. The summed E-state index contributed by atoms with van der Waals surface area (Å²) >= 11 is 0. The lowest BCUT2D eigenvalue weighted by Gasteiger charge is -2.09. The normalized spacial score (nSPS) is 10.2. The summed E-state index contributed by atoms with van der Waals surface area (Å²) in [5, 5.41) is 3.16. The number of benzene rings is 1. The average Bonchev–Trinajstić information content (AvgIpc) is 2.41. The fraction of sp³-hybridized carbons (Fsp3) is 0.500. The zero-order chi connectivity index (χ0) is 14.1. The highest BCUT2D eigenvalue weighted by Gasteiger charge is 2.09. The molecular weight excluding hydrogens is 244 g/mol. The molecule has 0 radical (unpaired) electrons. The fourth-order valence-corrected chi connectivity index (χ4v) is 1.56. The molecular formula is C14H22N2O3. The van der Waals surface area contributed by atoms with Gasteiger partial charge in [0.25, 0.3) is 0 Å². The Morgan fingerprint density at radius 2 is 2.11 bits per heavy atom. The molecule has 1 rings (SSSR count). The second kappa shape index (κ2) is 8.37. The Hall–Kier alpha value is -1.75. The number of nitrogens with one attached hydrogen (secondary N) is 1. The van der Waals surface area contributed by atoms with Gasteiger partial charge in [-0.05, 0) is 38.1 Å². The van der Waals surface area contributed by atoms with E-state index in [2.05, 4.69) is 12.2 Å². The van der Waals surface area contributed by atoms with Gasteiger partial charge in [-0.15, -0.1) is 0 Å². The van der Waals surface area contributed by atoms with Crippen molar-refractivity contribution >= 4 is 11.7 Å². The van der Waals surface area contributed by atoms with E-state index >= 15 is 0 Å². The summed E-state index contributed by atoms with van der Waals surface area (Å²) in [5.41, 5.74) is 6.68. The zero-order valence-corrected chi connectivity index (χ0v) is 11.6. The van der Waals surface area contributed by atoms with Gasteiger partial charge in [-0.1, -0.05) is 6.92 Å². The first-order valence-electron chi connectivity index (χ1n) is 6.59. The third kappa shape index (κ3) is 5.18. The van der Waals surface area contributed by atoms with Crippen molar-refractivity contribution in [3.05, 3.63) is 23.8 Å². The minimum absolute atomic E-state index is 0.353. The van der Waals surface area contributed by atoms with Crippen molar-refractivity contribution in [1.82, 2.24) is 5.32 Å². The first-order valence-corrected chi connectivity index (χ1v) is 6.59. The van der Waals surface area contributed by atoms with E-state index in [0.29, 0.717) is 36.8 Å². The molecule has 0 saturated carbocycles. The Labute approximate surface area is 114 Å². The van der Waals surface area contributed by atoms with Crippen molar-refractivity contribution in [2.75, 3.05) is 32.0 Å². The maximum absolute atomic E-state index is 11.8. The highest BCUT2D eigenvalue weighted by Crippen LogP contribution is 2.22. The Kier molecular flexibility index (Phi) is 6.74. The van der Waals surface area contributed by atoms with E-state index in [0.717, 1.165) is 13.0 Å². The van der Waals surface area contributed by atoms with Gasteiger partial charge in [-0.25, -0.2) is 4.79 Å². The van der Waals surface area contributed by atoms with E-state index in [9.17, 15) is 4.79 Å². The second-order valence-electron chi connectivity index (χ2n) is 4.07. The largest absolute Gasteiger partial charge is 0.492 e. The molecule has 19 heavy (non-hydrogen) atoms. The first-order chi connectivity index (χ1) is 9.19. The van der Waals surface area contributed by atoms with Crippen LogP contribution in [0.15, 0.2) is 18.2 Å². The molecule has 106 valence electrons. The summed E-state index contributed by atoms with van der Waals surface area (Å²) in [6, 6.07) is 4.92. The molecule has 1 aromatic rings. The van der Waals surface area contributed by atoms with Crippen LogP contribution < -0.4 is 15.8 Å². The van der Waals surface area contributed by atoms with Crippen LogP contribution in [0.25, 0.3) is 0 Å². The Balaban J connectivity index is 2.46. The number of anilines is 1. The van der Waals surface area contributed by atoms with Crippen molar-refractivity contribution in [1.29, 1.82) is 0 Å². The molecule has 0 aromatic heterocycles. The Morgan fingerprint density at radius 3 is 2.74 bits per heavy atom. The predicted molar refractivity (Wildman–Crippen MR) is 75.5 cm³/mol. The average molecular weight is 266 g/mol. The van der Waals surface area contributed by atoms with E-state index in [1.54, 1.807) is 18.2 Å². The molecule has 0 fully saturated rings. The van der Waals surface area contributed by atoms with Crippen LogP contribution in [0.2, 0.25) is 0 Å². The van der Waals surface area contributed by atoms with Crippen LogP contribution in [-0.2, 0) is 4.74 Å². The number of carbonyl (C=O) groups is 1. The molecule has 3 N–H and O–H groups in total. The van der Waals surface area contributed by atoms with E-state index in [1.165, 1.54) is 0 Å². The number of rotatable bonds is 8. The van der Waals surface area contributed by atoms with Crippen molar-refractivity contribution in [2.45, 2.75) is 20.3 Å². The Morgan fingerprint density at radius 1 is 1.32 bits per heavy atom. The van der Waals surface area contributed by atoms with Crippen molar-refractivity contribution in [3.63, 3.8) is 0 Å². The molecule has 0 aliphatic rings. The first kappa shape index (κ1) is 15.3. The van der Waals surface area contributed by atoms with Crippen LogP contribution in [0.1, 0.15) is 30.6 Å². The van der Waals surface area contributed by atoms with E-state index in [4.69, 9.17) is 15.2 Å². The summed E-state index contributed by atoms with van der Waals surface area (Å²) in [7, 11) is 0. The van der Waals surface area contributed by atoms with Crippen LogP contribution in [-0.4, -0.2) is 32.3 Å². The van der Waals surface area contributed by atoms with Gasteiger partial charge in [-0.2, -0.15) is 0 Å². The molecule has 0 aliphatic heterocycles. The van der Waals surface area contributed by atoms with Gasteiger partial charge in [0.15, 0.2) is 0 Å². The monoisotopic (exact) mass is 266 g/mol. The third-order valence-electron chi connectivity index (χ3n) is 2.48. The summed E-state index contributed by atoms with van der Waals surface area (Å²) < 4.78 is 10.4. The van der Waals surface area contributed by atoms with Crippen molar-refractivity contribution in [2.24, 2.45) is 0 Å². The molecule has 5 heteroatoms. The van der Waals surface area contributed by atoms with Crippen LogP contribution in [0.4, 0.5) is 5.69 Å². The number of hydrogen-bond donors (Lipinski definition) is 2. The minimum Gasteiger partial charge on any atom is -0.492 e. The third-order valence-corrected chi connectivity index (χ3v) is 2.48. The van der Waals surface area contributed by atoms with Crippen LogP contribution in [0.3, 0.4) is 0 Å². The second-order valence-corrected chi connectivity index (χ2v) is 4.07. The SMILES string of the molecule is CCCNCCOC(=O)c1ccc(OCC)c(N)c1. The van der Waals surface area contributed by atoms with Gasteiger partial charge in [0, 0.05) is 6.54 Å². The highest BCUT2D eigenvalue weighted by molar-refractivity contribution is 5.91. The lowest BCUT2D eigenvalue weighted by molar-refractivity contribution is 0.0509. The van der Waals surface area contributed by atoms with Gasteiger partial charge < -0.3 is 20.5 Å². The van der Waals surface area contributed by atoms with Gasteiger partial charge in [0.1, 0.15) is 12.4 Å². The summed E-state index contributed by atoms with van der Waals surface area (Å²) in [5.74, 6) is 0.219. The maximum atomic E-state index is 11.8. The molecule has 0 saturated heterocycles. The smallest absolute Gasteiger partial charge is 0.338 e. The molecule has 0 bridgehead atoms. The summed E-state index contributed by atoms with van der Waals surface area (Å²) in [6.45, 7) is 6.44.